The summed E-state index contributed by atoms with van der Waals surface area (Å²) in [4.78, 5) is 0. The van der Waals surface area contributed by atoms with Gasteiger partial charge in [-0.1, -0.05) is 37.3 Å². The summed E-state index contributed by atoms with van der Waals surface area (Å²) in [7, 11) is 2.09. The first-order valence-corrected chi connectivity index (χ1v) is 5.03. The fourth-order valence-corrected chi connectivity index (χ4v) is 1.75. The number of rotatable bonds is 2. The zero-order chi connectivity index (χ0) is 9.97. The quantitative estimate of drug-likeness (QED) is 0.673. The van der Waals surface area contributed by atoms with Crippen LogP contribution in [0.25, 0.3) is 17.0 Å². The molecule has 0 fully saturated rings. The fraction of sp³-hybridized carbons (Fsp3) is 0.231. The Labute approximate surface area is 84.7 Å². The highest BCUT2D eigenvalue weighted by molar-refractivity contribution is 5.89. The van der Waals surface area contributed by atoms with Crippen molar-refractivity contribution in [3.63, 3.8) is 0 Å². The number of benzene rings is 1. The van der Waals surface area contributed by atoms with Crippen LogP contribution >= 0.6 is 0 Å². The molecule has 14 heavy (non-hydrogen) atoms. The third-order valence-electron chi connectivity index (χ3n) is 2.46. The van der Waals surface area contributed by atoms with Crippen molar-refractivity contribution in [1.82, 2.24) is 4.57 Å². The van der Waals surface area contributed by atoms with Crippen molar-refractivity contribution >= 4 is 17.0 Å². The Bertz CT molecular complexity index is 463. The third-order valence-corrected chi connectivity index (χ3v) is 2.46. The summed E-state index contributed by atoms with van der Waals surface area (Å²) in [5.74, 6) is 0. The first kappa shape index (κ1) is 9.07. The number of hydrogen-bond acceptors (Lipinski definition) is 0. The largest absolute Gasteiger partial charge is 0.350 e. The van der Waals surface area contributed by atoms with E-state index in [0.29, 0.717) is 0 Å². The van der Waals surface area contributed by atoms with E-state index in [9.17, 15) is 0 Å². The van der Waals surface area contributed by atoms with E-state index in [1.54, 1.807) is 0 Å². The molecule has 0 aliphatic carbocycles. The van der Waals surface area contributed by atoms with Crippen LogP contribution in [0.1, 0.15) is 18.9 Å². The number of aromatic nitrogens is 1. The van der Waals surface area contributed by atoms with Crippen molar-refractivity contribution < 1.29 is 0 Å². The molecule has 1 aromatic carbocycles. The van der Waals surface area contributed by atoms with Gasteiger partial charge in [0.1, 0.15) is 0 Å². The molecule has 2 rings (SSSR count). The van der Waals surface area contributed by atoms with E-state index in [4.69, 9.17) is 0 Å². The minimum absolute atomic E-state index is 1.09. The molecule has 1 aromatic heterocycles. The van der Waals surface area contributed by atoms with Crippen molar-refractivity contribution in [2.75, 3.05) is 0 Å². The maximum atomic E-state index is 2.20. The van der Waals surface area contributed by atoms with Gasteiger partial charge in [0.05, 0.1) is 0 Å². The van der Waals surface area contributed by atoms with E-state index in [0.717, 1.165) is 6.42 Å². The predicted molar refractivity (Wildman–Crippen MR) is 62.2 cm³/mol. The van der Waals surface area contributed by atoms with Gasteiger partial charge in [-0.3, -0.25) is 0 Å². The van der Waals surface area contributed by atoms with E-state index in [2.05, 4.69) is 61.2 Å². The average molecular weight is 185 g/mol. The Hall–Kier alpha value is -1.50. The number of allylic oxidation sites excluding steroid dienone is 1. The lowest BCUT2D eigenvalue weighted by atomic mass is 10.1. The van der Waals surface area contributed by atoms with Crippen molar-refractivity contribution in [3.05, 3.63) is 42.1 Å². The Morgan fingerprint density at radius 3 is 2.86 bits per heavy atom. The molecular weight excluding hydrogens is 170 g/mol. The van der Waals surface area contributed by atoms with E-state index in [1.807, 2.05) is 0 Å². The molecule has 72 valence electrons. The first-order valence-electron chi connectivity index (χ1n) is 5.03. The highest BCUT2D eigenvalue weighted by atomic mass is 14.9. The Morgan fingerprint density at radius 1 is 1.29 bits per heavy atom. The van der Waals surface area contributed by atoms with Crippen LogP contribution in [0.3, 0.4) is 0 Å². The minimum Gasteiger partial charge on any atom is -0.350 e. The number of fused-ring (bicyclic) bond motifs is 1. The molecule has 0 N–H and O–H groups in total. The maximum Gasteiger partial charge on any atom is 0.0483 e. The summed E-state index contributed by atoms with van der Waals surface area (Å²) < 4.78 is 2.17. The molecule has 0 aliphatic rings. The summed E-state index contributed by atoms with van der Waals surface area (Å²) in [6.07, 6.45) is 7.66. The summed E-state index contributed by atoms with van der Waals surface area (Å²) in [6.45, 7) is 2.15. The van der Waals surface area contributed by atoms with Crippen LogP contribution < -0.4 is 0 Å². The summed E-state index contributed by atoms with van der Waals surface area (Å²) >= 11 is 0. The van der Waals surface area contributed by atoms with Crippen molar-refractivity contribution in [2.45, 2.75) is 13.3 Å². The number of hydrogen-bond donors (Lipinski definition) is 0. The molecule has 0 spiro atoms. The van der Waals surface area contributed by atoms with Crippen molar-refractivity contribution in [3.8, 4) is 0 Å². The minimum atomic E-state index is 1.09. The SMILES string of the molecule is CC/C=C/c1cn(C)c2ccccc12. The lowest BCUT2D eigenvalue weighted by molar-refractivity contribution is 0.968. The second kappa shape index (κ2) is 3.70. The molecule has 2 aromatic rings. The van der Waals surface area contributed by atoms with Crippen LogP contribution in [0, 0.1) is 0 Å². The van der Waals surface area contributed by atoms with E-state index >= 15 is 0 Å². The third kappa shape index (κ3) is 1.46. The van der Waals surface area contributed by atoms with Gasteiger partial charge in [-0.15, -0.1) is 0 Å². The highest BCUT2D eigenvalue weighted by Gasteiger charge is 2.01. The second-order valence-electron chi connectivity index (χ2n) is 3.52. The van der Waals surface area contributed by atoms with E-state index < -0.39 is 0 Å². The molecule has 0 bridgehead atoms. The van der Waals surface area contributed by atoms with Gasteiger partial charge in [-0.25, -0.2) is 0 Å². The Balaban J connectivity index is 2.61. The molecule has 0 saturated heterocycles. The van der Waals surface area contributed by atoms with Crippen LogP contribution in [0.15, 0.2) is 36.5 Å². The summed E-state index contributed by atoms with van der Waals surface area (Å²) in [5.41, 5.74) is 2.60. The lowest BCUT2D eigenvalue weighted by Crippen LogP contribution is -1.81. The van der Waals surface area contributed by atoms with Crippen LogP contribution in [0.5, 0.6) is 0 Å². The molecule has 0 saturated carbocycles. The zero-order valence-corrected chi connectivity index (χ0v) is 8.70. The fourth-order valence-electron chi connectivity index (χ4n) is 1.75. The average Bonchev–Trinajstić information content (AvgIpc) is 2.54. The standard InChI is InChI=1S/C13H15N/c1-3-4-7-11-10-14(2)13-9-6-5-8-12(11)13/h4-10H,3H2,1-2H3/b7-4+. The maximum absolute atomic E-state index is 2.20. The zero-order valence-electron chi connectivity index (χ0n) is 8.70. The van der Waals surface area contributed by atoms with Crippen molar-refractivity contribution in [2.24, 2.45) is 7.05 Å². The van der Waals surface area contributed by atoms with Crippen LogP contribution in [0.4, 0.5) is 0 Å². The second-order valence-corrected chi connectivity index (χ2v) is 3.52. The predicted octanol–water partition coefficient (Wildman–Crippen LogP) is 3.60. The molecule has 0 atom stereocenters. The molecule has 0 radical (unpaired) electrons. The van der Waals surface area contributed by atoms with Gasteiger partial charge in [0, 0.05) is 24.1 Å². The molecule has 0 aliphatic heterocycles. The van der Waals surface area contributed by atoms with Crippen molar-refractivity contribution in [1.29, 1.82) is 0 Å². The first-order chi connectivity index (χ1) is 6.83. The summed E-state index contributed by atoms with van der Waals surface area (Å²) in [6, 6.07) is 8.49. The monoisotopic (exact) mass is 185 g/mol. The molecule has 0 unspecified atom stereocenters. The van der Waals surface area contributed by atoms with Gasteiger partial charge in [0.25, 0.3) is 0 Å². The molecule has 0 amide bonds. The Morgan fingerprint density at radius 2 is 2.07 bits per heavy atom. The topological polar surface area (TPSA) is 4.93 Å². The normalized spacial score (nSPS) is 11.6. The van der Waals surface area contributed by atoms with Gasteiger partial charge in [-0.05, 0) is 18.1 Å². The molecule has 1 heteroatoms. The molecular formula is C13H15N. The number of para-hydroxylation sites is 1. The van der Waals surface area contributed by atoms with Gasteiger partial charge >= 0.3 is 0 Å². The van der Waals surface area contributed by atoms with Crippen LogP contribution in [0.2, 0.25) is 0 Å². The highest BCUT2D eigenvalue weighted by Crippen LogP contribution is 2.21. The molecule has 1 nitrogen and oxygen atoms in total. The van der Waals surface area contributed by atoms with E-state index in [1.165, 1.54) is 16.5 Å². The lowest BCUT2D eigenvalue weighted by Gasteiger charge is -1.92. The Kier molecular flexibility index (Phi) is 2.40. The van der Waals surface area contributed by atoms with Gasteiger partial charge < -0.3 is 4.57 Å². The van der Waals surface area contributed by atoms with E-state index in [-0.39, 0.29) is 0 Å². The van der Waals surface area contributed by atoms with Crippen LogP contribution in [-0.2, 0) is 7.05 Å². The van der Waals surface area contributed by atoms with Gasteiger partial charge in [0.15, 0.2) is 0 Å². The number of nitrogens with zero attached hydrogens (tertiary/aromatic N) is 1. The van der Waals surface area contributed by atoms with Crippen LogP contribution in [-0.4, -0.2) is 4.57 Å². The smallest absolute Gasteiger partial charge is 0.0483 e. The van der Waals surface area contributed by atoms with Gasteiger partial charge in [0.2, 0.25) is 0 Å². The number of aryl methyl sites for hydroxylation is 1. The molecule has 1 heterocycles. The van der Waals surface area contributed by atoms with Gasteiger partial charge in [-0.2, -0.15) is 0 Å². The summed E-state index contributed by atoms with van der Waals surface area (Å²) in [5, 5.41) is 1.33.